The highest BCUT2D eigenvalue weighted by Crippen LogP contribution is 2.48. The van der Waals surface area contributed by atoms with Crippen molar-refractivity contribution in [3.05, 3.63) is 47.0 Å². The van der Waals surface area contributed by atoms with Crippen molar-refractivity contribution < 1.29 is 41.8 Å². The van der Waals surface area contributed by atoms with E-state index in [0.29, 0.717) is 65.2 Å². The second-order valence-corrected chi connectivity index (χ2v) is 22.0. The number of fused-ring (bicyclic) bond motifs is 3. The van der Waals surface area contributed by atoms with Crippen LogP contribution in [0.15, 0.2) is 35.7 Å². The number of hydrogen-bond acceptors (Lipinski definition) is 12. The fourth-order valence-corrected chi connectivity index (χ4v) is 10.6. The number of nitrogens with one attached hydrogen (secondary N) is 3. The van der Waals surface area contributed by atoms with Crippen molar-refractivity contribution in [2.75, 3.05) is 13.7 Å². The minimum absolute atomic E-state index is 0.0388. The largest absolute Gasteiger partial charge is 0.496 e. The SMILES string of the molecule is COc1ccc2c(O[C@H]3CN4C(=O)[C@@H](NC(=O)OC(C)(C)C)CCCCC/C=C\[C@@H]5C[C@@]5(C(=O)NS(=O)(=O)C5(C)CC5)NC(=O)[C@@H]4[C@@H]3C)cc(-c3nc(C(C)C)cs3)nc2c1C. The van der Waals surface area contributed by atoms with Crippen molar-refractivity contribution in [1.82, 2.24) is 30.2 Å². The van der Waals surface area contributed by atoms with Crippen molar-refractivity contribution in [1.29, 1.82) is 0 Å². The van der Waals surface area contributed by atoms with Crippen molar-refractivity contribution in [3.8, 4) is 22.2 Å². The number of carbonyl (C=O) groups excluding carboxylic acids is 4. The molecule has 6 atom stereocenters. The molecule has 0 radical (unpaired) electrons. The highest BCUT2D eigenvalue weighted by molar-refractivity contribution is 7.91. The third kappa shape index (κ3) is 9.15. The number of aromatic nitrogens is 2. The Kier molecular flexibility index (Phi) is 12.5. The molecule has 0 bridgehead atoms. The van der Waals surface area contributed by atoms with Gasteiger partial charge in [-0.1, -0.05) is 45.8 Å². The lowest BCUT2D eigenvalue weighted by molar-refractivity contribution is -0.142. The number of thiazole rings is 1. The van der Waals surface area contributed by atoms with Gasteiger partial charge >= 0.3 is 6.09 Å². The van der Waals surface area contributed by atoms with Gasteiger partial charge in [0.1, 0.15) is 51.5 Å². The van der Waals surface area contributed by atoms with E-state index >= 15 is 0 Å². The summed E-state index contributed by atoms with van der Waals surface area (Å²) in [6.45, 7) is 14.6. The second kappa shape index (κ2) is 17.1. The molecule has 4 heterocycles. The lowest BCUT2D eigenvalue weighted by atomic mass is 9.98. The molecule has 2 saturated carbocycles. The number of ether oxygens (including phenoxy) is 3. The first-order valence-electron chi connectivity index (χ1n) is 21.6. The van der Waals surface area contributed by atoms with Crippen molar-refractivity contribution in [2.45, 2.75) is 147 Å². The number of pyridine rings is 1. The van der Waals surface area contributed by atoms with Gasteiger partial charge in [-0.2, -0.15) is 0 Å². The summed E-state index contributed by atoms with van der Waals surface area (Å²) >= 11 is 1.48. The smallest absolute Gasteiger partial charge is 0.408 e. The second-order valence-electron chi connectivity index (χ2n) is 18.9. The third-order valence-corrected chi connectivity index (χ3v) is 15.7. The van der Waals surface area contributed by atoms with Crippen LogP contribution in [0.4, 0.5) is 4.79 Å². The minimum atomic E-state index is -4.02. The summed E-state index contributed by atoms with van der Waals surface area (Å²) in [6.07, 6.45) is 6.48. The van der Waals surface area contributed by atoms with Gasteiger partial charge in [0, 0.05) is 34.2 Å². The first-order valence-corrected chi connectivity index (χ1v) is 24.0. The van der Waals surface area contributed by atoms with Gasteiger partial charge in [-0.05, 0) is 91.2 Å². The van der Waals surface area contributed by atoms with E-state index in [2.05, 4.69) is 29.2 Å². The zero-order valence-electron chi connectivity index (χ0n) is 37.1. The number of rotatable bonds is 9. The summed E-state index contributed by atoms with van der Waals surface area (Å²) in [5, 5.41) is 9.16. The maximum Gasteiger partial charge on any atom is 0.408 e. The number of allylic oxidation sites excluding steroid dienone is 1. The van der Waals surface area contributed by atoms with Crippen LogP contribution in [0, 0.1) is 18.8 Å². The van der Waals surface area contributed by atoms with Gasteiger partial charge in [0.25, 0.3) is 5.91 Å². The molecule has 7 rings (SSSR count). The van der Waals surface area contributed by atoms with Gasteiger partial charge < -0.3 is 29.7 Å². The van der Waals surface area contributed by atoms with E-state index in [1.165, 1.54) is 16.2 Å². The average Bonchev–Trinajstić information content (AvgIpc) is 4.00. The number of aryl methyl sites for hydroxylation is 1. The summed E-state index contributed by atoms with van der Waals surface area (Å²) < 4.78 is 46.0. The summed E-state index contributed by atoms with van der Waals surface area (Å²) in [4.78, 5) is 68.4. The fraction of sp³-hybridized carbons (Fsp3) is 0.600. The predicted molar refractivity (Wildman–Crippen MR) is 236 cm³/mol. The van der Waals surface area contributed by atoms with Gasteiger partial charge in [0.05, 0.1) is 29.6 Å². The first kappa shape index (κ1) is 45.3. The van der Waals surface area contributed by atoms with Crippen LogP contribution in [0.3, 0.4) is 0 Å². The van der Waals surface area contributed by atoms with Gasteiger partial charge in [0.15, 0.2) is 0 Å². The Hall–Kier alpha value is -4.77. The van der Waals surface area contributed by atoms with Crippen LogP contribution >= 0.6 is 11.3 Å². The quantitative estimate of drug-likeness (QED) is 0.194. The molecule has 2 aliphatic carbocycles. The number of benzene rings is 1. The Morgan fingerprint density at radius 3 is 2.48 bits per heavy atom. The number of hydrogen-bond donors (Lipinski definition) is 3. The maximum absolute atomic E-state index is 14.9. The zero-order chi connectivity index (χ0) is 44.9. The highest BCUT2D eigenvalue weighted by Gasteiger charge is 2.63. The van der Waals surface area contributed by atoms with E-state index in [1.54, 1.807) is 34.8 Å². The number of sulfonamides is 1. The molecule has 1 aromatic carbocycles. The van der Waals surface area contributed by atoms with E-state index in [0.717, 1.165) is 24.1 Å². The van der Waals surface area contributed by atoms with Crippen molar-refractivity contribution >= 4 is 56.1 Å². The monoisotopic (exact) mass is 892 g/mol. The van der Waals surface area contributed by atoms with Crippen LogP contribution < -0.4 is 24.8 Å². The number of amides is 4. The van der Waals surface area contributed by atoms with E-state index in [4.69, 9.17) is 24.2 Å². The number of methoxy groups -OCH3 is 1. The highest BCUT2D eigenvalue weighted by atomic mass is 32.2. The summed E-state index contributed by atoms with van der Waals surface area (Å²) in [7, 11) is -2.43. The molecule has 3 aromatic rings. The molecule has 15 nitrogen and oxygen atoms in total. The van der Waals surface area contributed by atoms with Crippen LogP contribution in [-0.4, -0.2) is 94.8 Å². The predicted octanol–water partition coefficient (Wildman–Crippen LogP) is 6.68. The normalized spacial score (nSPS) is 26.9. The van der Waals surface area contributed by atoms with Crippen LogP contribution in [-0.2, 0) is 29.1 Å². The summed E-state index contributed by atoms with van der Waals surface area (Å²) in [5.74, 6) is -1.73. The molecule has 2 aromatic heterocycles. The van der Waals surface area contributed by atoms with Gasteiger partial charge in [-0.15, -0.1) is 11.3 Å². The van der Waals surface area contributed by atoms with Crippen molar-refractivity contribution in [3.63, 3.8) is 0 Å². The average molecular weight is 893 g/mol. The maximum atomic E-state index is 14.9. The van der Waals surface area contributed by atoms with E-state index in [1.807, 2.05) is 49.6 Å². The molecule has 0 unspecified atom stereocenters. The number of nitrogens with zero attached hydrogens (tertiary/aromatic N) is 3. The first-order chi connectivity index (χ1) is 29.2. The molecule has 4 aliphatic rings. The topological polar surface area (TPSA) is 195 Å². The van der Waals surface area contributed by atoms with Crippen LogP contribution in [0.2, 0.25) is 0 Å². The molecule has 336 valence electrons. The van der Waals surface area contributed by atoms with E-state index in [9.17, 15) is 27.6 Å². The Labute approximate surface area is 368 Å². The zero-order valence-corrected chi connectivity index (χ0v) is 38.8. The Morgan fingerprint density at radius 2 is 1.82 bits per heavy atom. The van der Waals surface area contributed by atoms with Crippen LogP contribution in [0.25, 0.3) is 21.6 Å². The number of alkyl carbamates (subject to hydrolysis) is 1. The third-order valence-electron chi connectivity index (χ3n) is 12.6. The Bertz CT molecular complexity index is 2390. The van der Waals surface area contributed by atoms with Crippen LogP contribution in [0.1, 0.15) is 117 Å². The molecule has 1 saturated heterocycles. The number of carbonyl (C=O) groups is 4. The van der Waals surface area contributed by atoms with Gasteiger partial charge in [-0.25, -0.2) is 23.2 Å². The molecular weight excluding hydrogens is 833 g/mol. The molecular formula is C45H60N6O9S2. The molecule has 2 aliphatic heterocycles. The van der Waals surface area contributed by atoms with Gasteiger partial charge in [0.2, 0.25) is 21.8 Å². The molecule has 17 heteroatoms. The molecule has 3 N–H and O–H groups in total. The molecule has 0 spiro atoms. The summed E-state index contributed by atoms with van der Waals surface area (Å²) in [5.41, 5.74) is 0.584. The Morgan fingerprint density at radius 1 is 1.08 bits per heavy atom. The van der Waals surface area contributed by atoms with Gasteiger partial charge in [-0.3, -0.25) is 19.1 Å². The summed E-state index contributed by atoms with van der Waals surface area (Å²) in [6, 6.07) is 3.33. The van der Waals surface area contributed by atoms with Crippen LogP contribution in [0.5, 0.6) is 11.5 Å². The lowest BCUT2D eigenvalue weighted by Gasteiger charge is -2.31. The fourth-order valence-electron chi connectivity index (χ4n) is 8.36. The lowest BCUT2D eigenvalue weighted by Crippen LogP contribution is -2.59. The van der Waals surface area contributed by atoms with E-state index in [-0.39, 0.29) is 18.9 Å². The van der Waals surface area contributed by atoms with Crippen molar-refractivity contribution in [2.24, 2.45) is 11.8 Å². The molecule has 4 amide bonds. The van der Waals surface area contributed by atoms with E-state index < -0.39 is 79.7 Å². The Balaban J connectivity index is 1.27. The minimum Gasteiger partial charge on any atom is -0.496 e. The standard InChI is InChI=1S/C45H60N6O9S2/c1-25(2)32-24-61-39(47-32)31-21-34(29-17-18-33(58-9)26(3)36(29)46-31)59-35-23-51-37(27(35)4)38(52)49-45(41(54)50-62(56,57)44(8)19-20-44)22-28(45)15-13-11-10-12-14-16-30(40(51)53)48-42(55)60-43(5,6)7/h13,15,17-18,21,24-25,27-28,30,35,37H,10-12,14,16,19-20,22-23H2,1-9H3,(H,48,55)(H,49,52)(H,50,54)/b15-13-/t27-,28-,30+,35+,37+,45-/m1/s1. The molecule has 3 fully saturated rings. The molecule has 62 heavy (non-hydrogen) atoms.